The number of unbranched alkanes of at least 4 members (excludes halogenated alkanes) is 2. The Kier molecular flexibility index (Phi) is 23.6. The fourth-order valence-electron chi connectivity index (χ4n) is 12.7. The van der Waals surface area contributed by atoms with Gasteiger partial charge in [0, 0.05) is 63.5 Å². The molecule has 5 aliphatic rings. The standard InChI is InChI=1S/C58H97FN6O17/c1-14-43-58(10,73)49(68)34(4)46(60)32(2)28-56(8,72)50(81-53-47(67)42(63(11)12)26-33(3)76-53)35(5)48(36(6)52(69)79-43)80-45-29-57(9,74-13)51(37(7)77-45)82-54(70)61-21-17-15-16-18-44(66)62-30-39-31-65(55(71)78-39)38-19-20-41(40(59)27-38)64-22-24-75-25-23-64/h19-20,27,32-37,39,42-43,45-51,53,67-68,72-73H,14-18,21-26,28-31,60H2,1-13H3,(H,61,70)(H,62,66)/t32-,33?,34+,35?,36-,37?,39+,42?,43-,45?,46+,47?,48+,49-,50-,51?,53?,56-,57?,58-/m1/s1. The molecule has 20 atom stereocenters. The largest absolute Gasteiger partial charge is 0.459 e. The molecule has 1 aromatic carbocycles. The minimum atomic E-state index is -1.93. The van der Waals surface area contributed by atoms with Gasteiger partial charge in [0.2, 0.25) is 5.91 Å². The number of morpholine rings is 1. The molecule has 5 fully saturated rings. The first-order valence-electron chi connectivity index (χ1n) is 29.4. The van der Waals surface area contributed by atoms with Crippen molar-refractivity contribution in [2.75, 3.05) is 76.9 Å². The number of carbonyl (C=O) groups is 4. The number of anilines is 2. The van der Waals surface area contributed by atoms with E-state index in [1.54, 1.807) is 60.6 Å². The maximum Gasteiger partial charge on any atom is 0.414 e. The molecular weight excluding hydrogens is 1070 g/mol. The number of likely N-dealkylation sites (N-methyl/N-ethyl adjacent to an activating group) is 1. The number of methoxy groups -OCH3 is 1. The number of halogens is 1. The van der Waals surface area contributed by atoms with Gasteiger partial charge in [-0.15, -0.1) is 0 Å². The Morgan fingerprint density at radius 2 is 1.61 bits per heavy atom. The number of aliphatic hydroxyl groups is 4. The van der Waals surface area contributed by atoms with E-state index in [0.717, 1.165) is 0 Å². The number of cyclic esters (lactones) is 2. The number of ether oxygens (including phenoxy) is 9. The average Bonchev–Trinajstić information content (AvgIpc) is 3.98. The van der Waals surface area contributed by atoms with Gasteiger partial charge in [0.1, 0.15) is 35.3 Å². The second-order valence-electron chi connectivity index (χ2n) is 24.6. The van der Waals surface area contributed by atoms with Crippen LogP contribution in [0.15, 0.2) is 18.2 Å². The molecule has 0 aromatic heterocycles. The number of nitrogens with zero attached hydrogens (tertiary/aromatic N) is 3. The van der Waals surface area contributed by atoms with E-state index in [4.69, 9.17) is 48.4 Å². The Bertz CT molecular complexity index is 2260. The van der Waals surface area contributed by atoms with Crippen LogP contribution in [0.3, 0.4) is 0 Å². The zero-order valence-electron chi connectivity index (χ0n) is 50.5. The minimum absolute atomic E-state index is 0.000435. The van der Waals surface area contributed by atoms with Crippen molar-refractivity contribution in [3.8, 4) is 0 Å². The van der Waals surface area contributed by atoms with Crippen molar-refractivity contribution in [3.63, 3.8) is 0 Å². The number of nitrogens with one attached hydrogen (secondary N) is 2. The molecule has 0 radical (unpaired) electrons. The van der Waals surface area contributed by atoms with Crippen molar-refractivity contribution in [1.82, 2.24) is 15.5 Å². The van der Waals surface area contributed by atoms with Gasteiger partial charge in [0.05, 0.1) is 79.7 Å². The van der Waals surface area contributed by atoms with Gasteiger partial charge in [0.25, 0.3) is 0 Å². The monoisotopic (exact) mass is 1170 g/mol. The predicted molar refractivity (Wildman–Crippen MR) is 300 cm³/mol. The number of hydrogen-bond donors (Lipinski definition) is 7. The zero-order valence-corrected chi connectivity index (χ0v) is 50.5. The second-order valence-corrected chi connectivity index (χ2v) is 24.6. The molecule has 9 unspecified atom stereocenters. The molecule has 0 spiro atoms. The summed E-state index contributed by atoms with van der Waals surface area (Å²) in [5.41, 5.74) is 2.76. The minimum Gasteiger partial charge on any atom is -0.459 e. The number of amides is 3. The highest BCUT2D eigenvalue weighted by atomic mass is 19.1. The third-order valence-corrected chi connectivity index (χ3v) is 17.7. The Morgan fingerprint density at radius 1 is 0.915 bits per heavy atom. The van der Waals surface area contributed by atoms with Crippen molar-refractivity contribution in [1.29, 1.82) is 0 Å². The quantitative estimate of drug-likeness (QED) is 0.0622. The summed E-state index contributed by atoms with van der Waals surface area (Å²) in [5, 5.41) is 53.6. The molecule has 5 aliphatic heterocycles. The third-order valence-electron chi connectivity index (χ3n) is 17.7. The molecule has 0 saturated carbocycles. The SMILES string of the molecule is CC[C@H]1OC(=O)[C@H](C)[C@@H](OC2CC(C)(OC)C(OC(=O)NCCCCCC(=O)NC[C@H]3CN(c4ccc(N5CCOCC5)c(F)c4)C(=O)O3)C(C)O2)C(C)[C@@H](OC2OC(C)CC(N(C)C)C2O)[C@](C)(O)C[C@@H](C)[C@H](N)[C@H](C)[C@@H](O)[C@]1(C)O. The zero-order chi connectivity index (χ0) is 60.6. The van der Waals surface area contributed by atoms with Crippen LogP contribution in [-0.4, -0.2) is 213 Å². The van der Waals surface area contributed by atoms with Crippen LogP contribution < -0.4 is 26.2 Å². The van der Waals surface area contributed by atoms with Gasteiger partial charge in [-0.1, -0.05) is 34.1 Å². The Hall–Kier alpha value is -4.05. The molecule has 1 aromatic rings. The van der Waals surface area contributed by atoms with Crippen LogP contribution in [0.5, 0.6) is 0 Å². The van der Waals surface area contributed by atoms with Crippen molar-refractivity contribution in [2.45, 2.75) is 217 Å². The fourth-order valence-corrected chi connectivity index (χ4v) is 12.7. The van der Waals surface area contributed by atoms with Crippen LogP contribution in [0.2, 0.25) is 0 Å². The molecule has 3 amide bonds. The normalized spacial score (nSPS) is 39.0. The lowest BCUT2D eigenvalue weighted by Crippen LogP contribution is -2.62. The van der Waals surface area contributed by atoms with Gasteiger partial charge in [-0.05, 0) is 112 Å². The van der Waals surface area contributed by atoms with E-state index in [1.165, 1.54) is 25.0 Å². The first-order chi connectivity index (χ1) is 38.5. The topological polar surface area (TPSA) is 292 Å². The molecule has 8 N–H and O–H groups in total. The summed E-state index contributed by atoms with van der Waals surface area (Å²) in [7, 11) is 5.18. The molecule has 6 rings (SSSR count). The van der Waals surface area contributed by atoms with E-state index in [0.29, 0.717) is 63.4 Å². The van der Waals surface area contributed by atoms with Gasteiger partial charge in [-0.3, -0.25) is 14.5 Å². The molecule has 5 saturated heterocycles. The van der Waals surface area contributed by atoms with Crippen molar-refractivity contribution < 1.29 is 86.6 Å². The maximum absolute atomic E-state index is 15.1. The summed E-state index contributed by atoms with van der Waals surface area (Å²) in [4.78, 5) is 58.5. The van der Waals surface area contributed by atoms with Crippen LogP contribution in [0, 0.1) is 29.5 Å². The molecule has 0 bridgehead atoms. The van der Waals surface area contributed by atoms with E-state index < -0.39 is 132 Å². The molecule has 0 aliphatic carbocycles. The summed E-state index contributed by atoms with van der Waals surface area (Å²) in [6, 6.07) is 3.53. The Labute approximate surface area is 483 Å². The molecular formula is C58H97FN6O17. The average molecular weight is 1170 g/mol. The van der Waals surface area contributed by atoms with Gasteiger partial charge in [-0.2, -0.15) is 0 Å². The number of esters is 1. The predicted octanol–water partition coefficient (Wildman–Crippen LogP) is 3.96. The number of alkyl carbamates (subject to hydrolysis) is 1. The van der Waals surface area contributed by atoms with Gasteiger partial charge < -0.3 is 89.2 Å². The van der Waals surface area contributed by atoms with Crippen LogP contribution in [0.4, 0.5) is 25.4 Å². The van der Waals surface area contributed by atoms with Crippen LogP contribution >= 0.6 is 0 Å². The fraction of sp³-hybridized carbons (Fsp3) is 0.828. The number of nitrogens with two attached hydrogens (primary N) is 1. The number of carbonyl (C=O) groups excluding carboxylic acids is 4. The Balaban J connectivity index is 1.06. The van der Waals surface area contributed by atoms with E-state index in [2.05, 4.69) is 10.6 Å². The van der Waals surface area contributed by atoms with E-state index in [1.807, 2.05) is 37.7 Å². The summed E-state index contributed by atoms with van der Waals surface area (Å²) in [6.07, 6.45) is -9.91. The molecule has 5 heterocycles. The van der Waals surface area contributed by atoms with E-state index in [9.17, 15) is 39.6 Å². The second kappa shape index (κ2) is 28.9. The summed E-state index contributed by atoms with van der Waals surface area (Å²) in [6.45, 7) is 19.6. The summed E-state index contributed by atoms with van der Waals surface area (Å²) >= 11 is 0. The van der Waals surface area contributed by atoms with Crippen molar-refractivity contribution in [2.24, 2.45) is 29.4 Å². The van der Waals surface area contributed by atoms with Crippen molar-refractivity contribution in [3.05, 3.63) is 24.0 Å². The number of aliphatic hydroxyl groups excluding tert-OH is 2. The highest BCUT2D eigenvalue weighted by molar-refractivity contribution is 5.90. The lowest BCUT2D eigenvalue weighted by Gasteiger charge is -2.49. The van der Waals surface area contributed by atoms with Gasteiger partial charge in [0.15, 0.2) is 18.7 Å². The molecule has 23 nitrogen and oxygen atoms in total. The van der Waals surface area contributed by atoms with Crippen LogP contribution in [0.25, 0.3) is 0 Å². The maximum atomic E-state index is 15.1. The highest BCUT2D eigenvalue weighted by Crippen LogP contribution is 2.42. The summed E-state index contributed by atoms with van der Waals surface area (Å²) in [5.74, 6) is -4.64. The lowest BCUT2D eigenvalue weighted by molar-refractivity contribution is -0.318. The Morgan fingerprint density at radius 3 is 2.26 bits per heavy atom. The van der Waals surface area contributed by atoms with Crippen LogP contribution in [0.1, 0.15) is 121 Å². The van der Waals surface area contributed by atoms with Crippen LogP contribution in [-0.2, 0) is 52.2 Å². The van der Waals surface area contributed by atoms with Crippen molar-refractivity contribution >= 4 is 35.4 Å². The number of benzene rings is 1. The third kappa shape index (κ3) is 16.3. The lowest BCUT2D eigenvalue weighted by atomic mass is 9.72. The summed E-state index contributed by atoms with van der Waals surface area (Å²) < 4.78 is 70.4. The number of rotatable bonds is 18. The van der Waals surface area contributed by atoms with Gasteiger partial charge >= 0.3 is 18.2 Å². The first-order valence-corrected chi connectivity index (χ1v) is 29.4. The molecule has 82 heavy (non-hydrogen) atoms. The first kappa shape index (κ1) is 67.1. The van der Waals surface area contributed by atoms with E-state index >= 15 is 4.39 Å². The smallest absolute Gasteiger partial charge is 0.414 e. The van der Waals surface area contributed by atoms with E-state index in [-0.39, 0.29) is 63.4 Å². The van der Waals surface area contributed by atoms with Gasteiger partial charge in [-0.25, -0.2) is 14.0 Å². The number of hydrogen-bond acceptors (Lipinski definition) is 20. The molecule has 24 heteroatoms. The molecule has 468 valence electrons. The highest BCUT2D eigenvalue weighted by Gasteiger charge is 2.54.